The number of hydrogen-bond donors (Lipinski definition) is 0. The van der Waals surface area contributed by atoms with Gasteiger partial charge in [-0.2, -0.15) is 0 Å². The Morgan fingerprint density at radius 1 is 0.875 bits per heavy atom. The van der Waals surface area contributed by atoms with Gasteiger partial charge in [0.2, 0.25) is 0 Å². The van der Waals surface area contributed by atoms with Crippen molar-refractivity contribution < 1.29 is 13.9 Å². The molecule has 0 aliphatic carbocycles. The fraction of sp³-hybridized carbons (Fsp3) is 0.500. The first-order valence-electron chi connectivity index (χ1n) is 12.0. The lowest BCUT2D eigenvalue weighted by atomic mass is 10.0. The van der Waals surface area contributed by atoms with Gasteiger partial charge in [0, 0.05) is 6.61 Å². The van der Waals surface area contributed by atoms with Gasteiger partial charge in [0.05, 0.1) is 18.8 Å². The minimum atomic E-state index is -2.54. The highest BCUT2D eigenvalue weighted by molar-refractivity contribution is 6.99. The Labute approximate surface area is 194 Å². The molecule has 3 nitrogen and oxygen atoms in total. The first kappa shape index (κ1) is 23.3. The van der Waals surface area contributed by atoms with Gasteiger partial charge in [-0.1, -0.05) is 93.3 Å². The van der Waals surface area contributed by atoms with Gasteiger partial charge in [0.15, 0.2) is 0 Å². The Morgan fingerprint density at radius 2 is 1.50 bits per heavy atom. The van der Waals surface area contributed by atoms with E-state index < -0.39 is 8.32 Å². The molecule has 4 rings (SSSR count). The molecule has 2 saturated heterocycles. The zero-order valence-electron chi connectivity index (χ0n) is 19.7. The number of benzene rings is 2. The molecule has 32 heavy (non-hydrogen) atoms. The smallest absolute Gasteiger partial charge is 0.262 e. The number of hydrogen-bond acceptors (Lipinski definition) is 3. The number of rotatable bonds is 4. The van der Waals surface area contributed by atoms with E-state index in [9.17, 15) is 0 Å². The van der Waals surface area contributed by atoms with Crippen molar-refractivity contribution in [2.45, 2.75) is 76.2 Å². The lowest BCUT2D eigenvalue weighted by molar-refractivity contribution is -0.108. The van der Waals surface area contributed by atoms with Crippen LogP contribution >= 0.6 is 0 Å². The van der Waals surface area contributed by atoms with Gasteiger partial charge in [-0.15, -0.1) is 0 Å². The number of ether oxygens (including phenoxy) is 2. The van der Waals surface area contributed by atoms with Crippen molar-refractivity contribution in [3.8, 4) is 11.8 Å². The minimum Gasteiger partial charge on any atom is -0.396 e. The predicted molar refractivity (Wildman–Crippen MR) is 133 cm³/mol. The topological polar surface area (TPSA) is 27.7 Å². The first-order chi connectivity index (χ1) is 15.5. The van der Waals surface area contributed by atoms with Crippen LogP contribution in [-0.4, -0.2) is 39.8 Å². The molecule has 0 spiro atoms. The highest BCUT2D eigenvalue weighted by atomic mass is 28.4. The fourth-order valence-electron chi connectivity index (χ4n) is 5.19. The van der Waals surface area contributed by atoms with Crippen LogP contribution in [0.3, 0.4) is 0 Å². The number of fused-ring (bicyclic) bond motifs is 1. The Balaban J connectivity index is 1.55. The standard InChI is InChI=1S/C28H36O3Si/c1-28(2,3)32(24-15-6-4-7-16-24,25-17-8-5-9-18-25)30-22-11-14-23-13-10-19-26-27(31-23)20-12-21-29-26/h4-9,15-18,23,26-27H,10,12-13,19-22H2,1-3H3/t23?,26-,27+/m1/s1. The van der Waals surface area contributed by atoms with Crippen LogP contribution in [0.25, 0.3) is 0 Å². The Kier molecular flexibility index (Phi) is 7.53. The summed E-state index contributed by atoms with van der Waals surface area (Å²) in [6.45, 7) is 8.17. The molecule has 2 heterocycles. The van der Waals surface area contributed by atoms with E-state index in [1.54, 1.807) is 0 Å². The summed E-state index contributed by atoms with van der Waals surface area (Å²) >= 11 is 0. The van der Waals surface area contributed by atoms with Gasteiger partial charge < -0.3 is 13.9 Å². The van der Waals surface area contributed by atoms with Crippen LogP contribution in [0.15, 0.2) is 60.7 Å². The molecular formula is C28H36O3Si. The highest BCUT2D eigenvalue weighted by Gasteiger charge is 2.50. The van der Waals surface area contributed by atoms with Gasteiger partial charge in [-0.3, -0.25) is 0 Å². The van der Waals surface area contributed by atoms with Gasteiger partial charge in [0.1, 0.15) is 6.10 Å². The third kappa shape index (κ3) is 5.02. The molecule has 2 aromatic rings. The summed E-state index contributed by atoms with van der Waals surface area (Å²) in [4.78, 5) is 0. The summed E-state index contributed by atoms with van der Waals surface area (Å²) in [7, 11) is -2.54. The summed E-state index contributed by atoms with van der Waals surface area (Å²) in [5, 5.41) is 2.53. The van der Waals surface area contributed by atoms with E-state index in [0.717, 1.165) is 38.7 Å². The van der Waals surface area contributed by atoms with Gasteiger partial charge in [0.25, 0.3) is 8.32 Å². The van der Waals surface area contributed by atoms with Crippen molar-refractivity contribution in [2.75, 3.05) is 13.2 Å². The van der Waals surface area contributed by atoms with Crippen LogP contribution in [0, 0.1) is 11.8 Å². The van der Waals surface area contributed by atoms with Crippen LogP contribution < -0.4 is 10.4 Å². The maximum absolute atomic E-state index is 6.88. The van der Waals surface area contributed by atoms with Crippen molar-refractivity contribution in [2.24, 2.45) is 0 Å². The Morgan fingerprint density at radius 3 is 2.12 bits per heavy atom. The average Bonchev–Trinajstić information content (AvgIpc) is 3.01. The van der Waals surface area contributed by atoms with Crippen LogP contribution in [0.1, 0.15) is 52.9 Å². The van der Waals surface area contributed by atoms with Crippen molar-refractivity contribution in [3.63, 3.8) is 0 Å². The van der Waals surface area contributed by atoms with E-state index in [2.05, 4.69) is 93.3 Å². The maximum atomic E-state index is 6.88. The molecule has 2 aliphatic rings. The second-order valence-corrected chi connectivity index (χ2v) is 14.2. The zero-order valence-corrected chi connectivity index (χ0v) is 20.7. The van der Waals surface area contributed by atoms with Crippen LogP contribution in [0.4, 0.5) is 0 Å². The normalized spacial score (nSPS) is 24.0. The molecule has 4 heteroatoms. The third-order valence-electron chi connectivity index (χ3n) is 6.71. The Bertz CT molecular complexity index is 871. The molecular weight excluding hydrogens is 412 g/mol. The zero-order chi connectivity index (χ0) is 22.4. The summed E-state index contributed by atoms with van der Waals surface area (Å²) in [6, 6.07) is 21.5. The summed E-state index contributed by atoms with van der Waals surface area (Å²) in [6.07, 6.45) is 5.77. The van der Waals surface area contributed by atoms with E-state index in [1.165, 1.54) is 10.4 Å². The molecule has 1 unspecified atom stereocenters. The quantitative estimate of drug-likeness (QED) is 0.502. The molecule has 0 amide bonds. The van der Waals surface area contributed by atoms with Crippen LogP contribution in [0.2, 0.25) is 5.04 Å². The van der Waals surface area contributed by atoms with Gasteiger partial charge in [-0.25, -0.2) is 0 Å². The molecule has 2 fully saturated rings. The van der Waals surface area contributed by atoms with Crippen LogP contribution in [-0.2, 0) is 13.9 Å². The fourth-order valence-corrected chi connectivity index (χ4v) is 9.63. The Hall–Kier alpha value is -1.90. The molecule has 2 aromatic carbocycles. The van der Waals surface area contributed by atoms with Crippen molar-refractivity contribution >= 4 is 18.7 Å². The van der Waals surface area contributed by atoms with E-state index in [-0.39, 0.29) is 23.4 Å². The second-order valence-electron chi connectivity index (χ2n) is 9.92. The van der Waals surface area contributed by atoms with Crippen molar-refractivity contribution in [1.29, 1.82) is 0 Å². The van der Waals surface area contributed by atoms with Crippen LogP contribution in [0.5, 0.6) is 0 Å². The van der Waals surface area contributed by atoms with E-state index in [4.69, 9.17) is 13.9 Å². The molecule has 2 aliphatic heterocycles. The third-order valence-corrected chi connectivity index (χ3v) is 11.7. The molecule has 0 radical (unpaired) electrons. The molecule has 0 aromatic heterocycles. The largest absolute Gasteiger partial charge is 0.396 e. The van der Waals surface area contributed by atoms with Gasteiger partial charge in [-0.05, 0) is 47.5 Å². The second kappa shape index (κ2) is 10.4. The van der Waals surface area contributed by atoms with E-state index in [1.807, 2.05) is 0 Å². The molecule has 170 valence electrons. The minimum absolute atomic E-state index is 0.0190. The molecule has 3 atom stereocenters. The summed E-state index contributed by atoms with van der Waals surface area (Å²) in [5.74, 6) is 6.73. The lowest BCUT2D eigenvalue weighted by Crippen LogP contribution is -2.66. The predicted octanol–water partition coefficient (Wildman–Crippen LogP) is 4.68. The van der Waals surface area contributed by atoms with Crippen molar-refractivity contribution in [3.05, 3.63) is 60.7 Å². The van der Waals surface area contributed by atoms with Crippen molar-refractivity contribution in [1.82, 2.24) is 0 Å². The average molecular weight is 449 g/mol. The molecule has 0 bridgehead atoms. The van der Waals surface area contributed by atoms with E-state index in [0.29, 0.717) is 6.61 Å². The SMILES string of the molecule is CC(C)(C)[Si](OCC#CC1CCC[C@H]2OCCC[C@@H]2O1)(c1ccccc1)c1ccccc1. The first-order valence-corrected chi connectivity index (χ1v) is 13.9. The summed E-state index contributed by atoms with van der Waals surface area (Å²) in [5.41, 5.74) is 0. The molecule has 0 N–H and O–H groups in total. The lowest BCUT2D eigenvalue weighted by Gasteiger charge is -2.42. The monoisotopic (exact) mass is 448 g/mol. The highest BCUT2D eigenvalue weighted by Crippen LogP contribution is 2.36. The van der Waals surface area contributed by atoms with E-state index >= 15 is 0 Å². The van der Waals surface area contributed by atoms with Gasteiger partial charge >= 0.3 is 0 Å². The molecule has 0 saturated carbocycles. The maximum Gasteiger partial charge on any atom is 0.262 e. The summed E-state index contributed by atoms with van der Waals surface area (Å²) < 4.78 is 19.1.